The zero-order valence-corrected chi connectivity index (χ0v) is 11.5. The highest BCUT2D eigenvalue weighted by molar-refractivity contribution is 5.85. The lowest BCUT2D eigenvalue weighted by molar-refractivity contribution is 0.0689. The van der Waals surface area contributed by atoms with Gasteiger partial charge >= 0.3 is 5.97 Å². The molecule has 0 radical (unpaired) electrons. The lowest BCUT2D eigenvalue weighted by Crippen LogP contribution is -2.33. The highest BCUT2D eigenvalue weighted by atomic mass is 16.4. The first kappa shape index (κ1) is 14.0. The Bertz CT molecular complexity index is 426. The molecule has 1 N–H and O–H groups in total. The molecule has 104 valence electrons. The van der Waals surface area contributed by atoms with E-state index in [0.717, 1.165) is 31.2 Å². The monoisotopic (exact) mass is 262 g/mol. The van der Waals surface area contributed by atoms with Crippen LogP contribution < -0.4 is 0 Å². The highest BCUT2D eigenvalue weighted by Crippen LogP contribution is 2.22. The summed E-state index contributed by atoms with van der Waals surface area (Å²) in [5, 5.41) is 8.93. The minimum absolute atomic E-state index is 0.137. The van der Waals surface area contributed by atoms with E-state index in [1.165, 1.54) is 25.7 Å². The van der Waals surface area contributed by atoms with Crippen LogP contribution in [0.25, 0.3) is 0 Å². The molecule has 2 heterocycles. The van der Waals surface area contributed by atoms with E-state index in [0.29, 0.717) is 0 Å². The molecule has 1 aromatic heterocycles. The number of rotatable bonds is 5. The molecule has 0 aromatic carbocycles. The van der Waals surface area contributed by atoms with Gasteiger partial charge in [-0.1, -0.05) is 25.8 Å². The predicted octanol–water partition coefficient (Wildman–Crippen LogP) is 2.79. The average molecular weight is 262 g/mol. The molecular weight excluding hydrogens is 240 g/mol. The molecule has 2 rings (SSSR count). The predicted molar refractivity (Wildman–Crippen MR) is 74.1 cm³/mol. The van der Waals surface area contributed by atoms with E-state index in [1.54, 1.807) is 12.1 Å². The third-order valence-electron chi connectivity index (χ3n) is 3.82. The molecule has 1 saturated heterocycles. The van der Waals surface area contributed by atoms with Crippen molar-refractivity contribution in [3.63, 3.8) is 0 Å². The first-order chi connectivity index (χ1) is 9.19. The van der Waals surface area contributed by atoms with E-state index in [-0.39, 0.29) is 5.69 Å². The van der Waals surface area contributed by atoms with Crippen molar-refractivity contribution in [2.45, 2.75) is 39.2 Å². The maximum atomic E-state index is 10.9. The molecule has 0 unspecified atom stereocenters. The topological polar surface area (TPSA) is 53.4 Å². The molecule has 0 spiro atoms. The fraction of sp³-hybridized carbons (Fsp3) is 0.600. The summed E-state index contributed by atoms with van der Waals surface area (Å²) in [4.78, 5) is 17.4. The van der Waals surface area contributed by atoms with Gasteiger partial charge in [-0.3, -0.25) is 4.90 Å². The van der Waals surface area contributed by atoms with Crippen molar-refractivity contribution in [3.8, 4) is 0 Å². The maximum absolute atomic E-state index is 10.9. The number of carboxylic acid groups (broad SMARTS) is 1. The minimum atomic E-state index is -0.955. The fourth-order valence-electron chi connectivity index (χ4n) is 2.76. The van der Waals surface area contributed by atoms with Crippen LogP contribution in [0.2, 0.25) is 0 Å². The largest absolute Gasteiger partial charge is 0.477 e. The van der Waals surface area contributed by atoms with E-state index in [9.17, 15) is 4.79 Å². The number of carbonyl (C=O) groups is 1. The molecule has 0 bridgehead atoms. The Morgan fingerprint density at radius 3 is 2.79 bits per heavy atom. The van der Waals surface area contributed by atoms with Crippen LogP contribution in [-0.2, 0) is 6.54 Å². The Balaban J connectivity index is 1.88. The van der Waals surface area contributed by atoms with Crippen LogP contribution in [0.1, 0.15) is 48.8 Å². The van der Waals surface area contributed by atoms with Crippen molar-refractivity contribution in [1.29, 1.82) is 0 Å². The molecule has 0 aliphatic carbocycles. The number of carboxylic acids is 1. The van der Waals surface area contributed by atoms with Gasteiger partial charge < -0.3 is 5.11 Å². The summed E-state index contributed by atoms with van der Waals surface area (Å²) in [6.07, 6.45) is 5.12. The smallest absolute Gasteiger partial charge is 0.354 e. The molecule has 1 aromatic rings. The van der Waals surface area contributed by atoms with E-state index < -0.39 is 5.97 Å². The molecule has 0 amide bonds. The van der Waals surface area contributed by atoms with Gasteiger partial charge in [0.15, 0.2) is 0 Å². The van der Waals surface area contributed by atoms with Crippen molar-refractivity contribution >= 4 is 5.97 Å². The average Bonchev–Trinajstić information content (AvgIpc) is 2.42. The lowest BCUT2D eigenvalue weighted by Gasteiger charge is -2.31. The summed E-state index contributed by atoms with van der Waals surface area (Å²) in [6.45, 7) is 5.21. The standard InChI is InChI=1S/C15H22N2O2/c1-2-4-12-7-9-17(10-8-12)11-13-5-3-6-14(16-13)15(18)19/h3,5-6,12H,2,4,7-11H2,1H3,(H,18,19). The summed E-state index contributed by atoms with van der Waals surface area (Å²) < 4.78 is 0. The van der Waals surface area contributed by atoms with Gasteiger partial charge in [-0.05, 0) is 44.0 Å². The Morgan fingerprint density at radius 2 is 2.16 bits per heavy atom. The van der Waals surface area contributed by atoms with E-state index in [1.807, 2.05) is 6.07 Å². The second-order valence-electron chi connectivity index (χ2n) is 5.33. The first-order valence-corrected chi connectivity index (χ1v) is 7.10. The van der Waals surface area contributed by atoms with Crippen LogP contribution in [0.5, 0.6) is 0 Å². The molecule has 1 aliphatic rings. The summed E-state index contributed by atoms with van der Waals surface area (Å²) in [5.41, 5.74) is 0.993. The summed E-state index contributed by atoms with van der Waals surface area (Å²) >= 11 is 0. The van der Waals surface area contributed by atoms with Crippen LogP contribution in [0, 0.1) is 5.92 Å². The van der Waals surface area contributed by atoms with Crippen molar-refractivity contribution in [2.24, 2.45) is 5.92 Å². The molecule has 1 aliphatic heterocycles. The Hall–Kier alpha value is -1.42. The zero-order chi connectivity index (χ0) is 13.7. The molecule has 4 nitrogen and oxygen atoms in total. The number of piperidine rings is 1. The number of hydrogen-bond donors (Lipinski definition) is 1. The summed E-state index contributed by atoms with van der Waals surface area (Å²) in [7, 11) is 0. The Morgan fingerprint density at radius 1 is 1.42 bits per heavy atom. The van der Waals surface area contributed by atoms with Gasteiger partial charge in [0.25, 0.3) is 0 Å². The molecule has 19 heavy (non-hydrogen) atoms. The van der Waals surface area contributed by atoms with Crippen LogP contribution in [0.15, 0.2) is 18.2 Å². The maximum Gasteiger partial charge on any atom is 0.354 e. The second kappa shape index (κ2) is 6.66. The number of likely N-dealkylation sites (tertiary alicyclic amines) is 1. The molecule has 0 atom stereocenters. The lowest BCUT2D eigenvalue weighted by atomic mass is 9.92. The number of aromatic nitrogens is 1. The minimum Gasteiger partial charge on any atom is -0.477 e. The second-order valence-corrected chi connectivity index (χ2v) is 5.33. The van der Waals surface area contributed by atoms with Gasteiger partial charge in [-0.2, -0.15) is 0 Å². The molecule has 0 saturated carbocycles. The van der Waals surface area contributed by atoms with Gasteiger partial charge in [0.2, 0.25) is 0 Å². The number of aromatic carboxylic acids is 1. The van der Waals surface area contributed by atoms with Crippen molar-refractivity contribution in [1.82, 2.24) is 9.88 Å². The summed E-state index contributed by atoms with van der Waals surface area (Å²) in [5.74, 6) is -0.0805. The third kappa shape index (κ3) is 4.03. The molecule has 1 fully saturated rings. The number of hydrogen-bond acceptors (Lipinski definition) is 3. The van der Waals surface area contributed by atoms with Gasteiger partial charge in [0, 0.05) is 6.54 Å². The van der Waals surface area contributed by atoms with Gasteiger partial charge in [-0.25, -0.2) is 9.78 Å². The first-order valence-electron chi connectivity index (χ1n) is 7.10. The van der Waals surface area contributed by atoms with Gasteiger partial charge in [0.05, 0.1) is 5.69 Å². The van der Waals surface area contributed by atoms with Crippen LogP contribution >= 0.6 is 0 Å². The van der Waals surface area contributed by atoms with Crippen LogP contribution in [0.4, 0.5) is 0 Å². The van der Waals surface area contributed by atoms with Crippen molar-refractivity contribution < 1.29 is 9.90 Å². The SMILES string of the molecule is CCCC1CCN(Cc2cccc(C(=O)O)n2)CC1. The Kier molecular flexibility index (Phi) is 4.91. The number of nitrogens with zero attached hydrogens (tertiary/aromatic N) is 2. The highest BCUT2D eigenvalue weighted by Gasteiger charge is 2.19. The zero-order valence-electron chi connectivity index (χ0n) is 11.5. The third-order valence-corrected chi connectivity index (χ3v) is 3.82. The van der Waals surface area contributed by atoms with E-state index >= 15 is 0 Å². The van der Waals surface area contributed by atoms with Crippen LogP contribution in [-0.4, -0.2) is 34.0 Å². The van der Waals surface area contributed by atoms with E-state index in [2.05, 4.69) is 16.8 Å². The van der Waals surface area contributed by atoms with Crippen molar-refractivity contribution in [2.75, 3.05) is 13.1 Å². The van der Waals surface area contributed by atoms with Gasteiger partial charge in [0.1, 0.15) is 5.69 Å². The van der Waals surface area contributed by atoms with Gasteiger partial charge in [-0.15, -0.1) is 0 Å². The fourth-order valence-corrected chi connectivity index (χ4v) is 2.76. The number of pyridine rings is 1. The van der Waals surface area contributed by atoms with Crippen LogP contribution in [0.3, 0.4) is 0 Å². The molecular formula is C15H22N2O2. The Labute approximate surface area is 114 Å². The molecule has 4 heteroatoms. The summed E-state index contributed by atoms with van der Waals surface area (Å²) in [6, 6.07) is 5.22. The normalized spacial score (nSPS) is 17.5. The quantitative estimate of drug-likeness (QED) is 0.886. The van der Waals surface area contributed by atoms with Crippen molar-refractivity contribution in [3.05, 3.63) is 29.6 Å². The van der Waals surface area contributed by atoms with E-state index in [4.69, 9.17) is 5.11 Å².